The van der Waals surface area contributed by atoms with Gasteiger partial charge in [-0.05, 0) is 58.8 Å². The summed E-state index contributed by atoms with van der Waals surface area (Å²) in [7, 11) is 0. The van der Waals surface area contributed by atoms with E-state index in [1.807, 2.05) is 36.4 Å². The minimum absolute atomic E-state index is 0.0420. The van der Waals surface area contributed by atoms with Crippen molar-refractivity contribution in [3.8, 4) is 0 Å². The first-order chi connectivity index (χ1) is 15.4. The number of hydrogen-bond donors (Lipinski definition) is 4. The molecule has 5 rings (SSSR count). The number of aliphatic hydroxyl groups is 2. The smallest absolute Gasteiger partial charge is 0.138 e. The summed E-state index contributed by atoms with van der Waals surface area (Å²) >= 11 is 3.40. The molecule has 0 bridgehead atoms. The van der Waals surface area contributed by atoms with Gasteiger partial charge in [-0.25, -0.2) is 15.0 Å². The van der Waals surface area contributed by atoms with E-state index in [4.69, 9.17) is 11.5 Å². The van der Waals surface area contributed by atoms with E-state index in [2.05, 4.69) is 35.8 Å². The number of allylic oxidation sites excluding steroid dienone is 1. The molecule has 1 saturated carbocycles. The molecule has 0 radical (unpaired) electrons. The molecule has 2 aromatic heterocycles. The number of aromatic nitrogens is 3. The van der Waals surface area contributed by atoms with Crippen molar-refractivity contribution < 1.29 is 10.2 Å². The zero-order chi connectivity index (χ0) is 22.4. The van der Waals surface area contributed by atoms with E-state index in [1.54, 1.807) is 0 Å². The minimum Gasteiger partial charge on any atom is -0.390 e. The predicted octanol–water partition coefficient (Wildman–Crippen LogP) is 2.53. The molecule has 0 unspecified atom stereocenters. The number of halogens is 1. The average molecular weight is 497 g/mol. The maximum Gasteiger partial charge on any atom is 0.138 e. The lowest BCUT2D eigenvalue weighted by Crippen LogP contribution is -2.43. The second-order valence-electron chi connectivity index (χ2n) is 8.49. The topological polar surface area (TPSA) is 134 Å². The molecule has 9 heteroatoms. The molecule has 0 spiro atoms. The SMILES string of the molecule is Nc1nc2cc(/C=C/C[C@H]3C[C@@H](N4CCc5c(N)ncnc54)[C@H](O)[C@@H]3O)ccc2cc1Br. The van der Waals surface area contributed by atoms with Crippen molar-refractivity contribution in [2.45, 2.75) is 37.5 Å². The lowest BCUT2D eigenvalue weighted by molar-refractivity contribution is 0.0152. The van der Waals surface area contributed by atoms with Gasteiger partial charge >= 0.3 is 0 Å². The molecule has 0 amide bonds. The summed E-state index contributed by atoms with van der Waals surface area (Å²) in [5.74, 6) is 1.69. The van der Waals surface area contributed by atoms with E-state index >= 15 is 0 Å². The molecule has 2 aliphatic rings. The summed E-state index contributed by atoms with van der Waals surface area (Å²) in [5, 5.41) is 22.5. The Morgan fingerprint density at radius 1 is 1.12 bits per heavy atom. The van der Waals surface area contributed by atoms with Gasteiger partial charge in [0, 0.05) is 17.5 Å². The van der Waals surface area contributed by atoms with Crippen LogP contribution in [0.2, 0.25) is 0 Å². The fourth-order valence-electron chi connectivity index (χ4n) is 4.86. The Kier molecular flexibility index (Phi) is 5.48. The second kappa shape index (κ2) is 8.31. The third kappa shape index (κ3) is 3.70. The van der Waals surface area contributed by atoms with Gasteiger partial charge in [0.15, 0.2) is 0 Å². The number of nitrogens with two attached hydrogens (primary N) is 2. The summed E-state index contributed by atoms with van der Waals surface area (Å²) in [6.07, 6.45) is 5.99. The quantitative estimate of drug-likeness (QED) is 0.432. The van der Waals surface area contributed by atoms with Crippen molar-refractivity contribution in [2.24, 2.45) is 5.92 Å². The Bertz CT molecular complexity index is 1200. The first-order valence-corrected chi connectivity index (χ1v) is 11.5. The molecule has 8 nitrogen and oxygen atoms in total. The summed E-state index contributed by atoms with van der Waals surface area (Å²) in [4.78, 5) is 14.9. The maximum atomic E-state index is 10.8. The highest BCUT2D eigenvalue weighted by Crippen LogP contribution is 2.39. The van der Waals surface area contributed by atoms with Gasteiger partial charge in [0.05, 0.1) is 22.1 Å². The lowest BCUT2D eigenvalue weighted by Gasteiger charge is -2.28. The van der Waals surface area contributed by atoms with Crippen LogP contribution in [0.3, 0.4) is 0 Å². The fraction of sp³-hybridized carbons (Fsp3) is 0.348. The molecule has 3 heterocycles. The maximum absolute atomic E-state index is 10.8. The van der Waals surface area contributed by atoms with E-state index in [9.17, 15) is 10.2 Å². The van der Waals surface area contributed by atoms with Gasteiger partial charge in [0.1, 0.15) is 29.9 Å². The van der Waals surface area contributed by atoms with Crippen molar-refractivity contribution in [3.63, 3.8) is 0 Å². The Balaban J connectivity index is 1.29. The number of aliphatic hydroxyl groups excluding tert-OH is 2. The van der Waals surface area contributed by atoms with E-state index in [-0.39, 0.29) is 12.0 Å². The molecule has 6 N–H and O–H groups in total. The van der Waals surface area contributed by atoms with Gasteiger partial charge in [-0.3, -0.25) is 0 Å². The van der Waals surface area contributed by atoms with Gasteiger partial charge < -0.3 is 26.6 Å². The first-order valence-electron chi connectivity index (χ1n) is 10.7. The Labute approximate surface area is 194 Å². The van der Waals surface area contributed by atoms with Crippen molar-refractivity contribution in [2.75, 3.05) is 22.9 Å². The largest absolute Gasteiger partial charge is 0.390 e. The van der Waals surface area contributed by atoms with Gasteiger partial charge in [-0.15, -0.1) is 0 Å². The van der Waals surface area contributed by atoms with Crippen molar-refractivity contribution in [3.05, 3.63) is 52.3 Å². The molecule has 166 valence electrons. The highest BCUT2D eigenvalue weighted by molar-refractivity contribution is 9.10. The van der Waals surface area contributed by atoms with E-state index < -0.39 is 12.2 Å². The van der Waals surface area contributed by atoms with Crippen LogP contribution >= 0.6 is 15.9 Å². The van der Waals surface area contributed by atoms with Gasteiger partial charge in [0.2, 0.25) is 0 Å². The molecule has 0 saturated heterocycles. The molecule has 3 aromatic rings. The van der Waals surface area contributed by atoms with Crippen LogP contribution in [-0.2, 0) is 6.42 Å². The normalized spacial score (nSPS) is 25.2. The summed E-state index contributed by atoms with van der Waals surface area (Å²) in [6.45, 7) is 0.721. The highest BCUT2D eigenvalue weighted by Gasteiger charge is 2.45. The zero-order valence-electron chi connectivity index (χ0n) is 17.4. The number of benzene rings is 1. The Hall–Kier alpha value is -2.75. The number of pyridine rings is 1. The Morgan fingerprint density at radius 2 is 1.97 bits per heavy atom. The summed E-state index contributed by atoms with van der Waals surface area (Å²) < 4.78 is 0.784. The zero-order valence-corrected chi connectivity index (χ0v) is 19.0. The van der Waals surface area contributed by atoms with Crippen molar-refractivity contribution in [1.82, 2.24) is 15.0 Å². The molecule has 1 aliphatic heterocycles. The molecule has 32 heavy (non-hydrogen) atoms. The van der Waals surface area contributed by atoms with E-state index in [0.717, 1.165) is 45.3 Å². The molecular formula is C23H25BrN6O2. The van der Waals surface area contributed by atoms with Gasteiger partial charge in [-0.2, -0.15) is 0 Å². The third-order valence-corrected chi connectivity index (χ3v) is 7.21. The van der Waals surface area contributed by atoms with Crippen LogP contribution in [-0.4, -0.2) is 50.0 Å². The number of hydrogen-bond acceptors (Lipinski definition) is 8. The first kappa shape index (κ1) is 21.1. The van der Waals surface area contributed by atoms with Crippen LogP contribution in [0.4, 0.5) is 17.5 Å². The average Bonchev–Trinajstić information content (AvgIpc) is 3.32. The van der Waals surface area contributed by atoms with Crippen LogP contribution in [0.1, 0.15) is 24.0 Å². The summed E-state index contributed by atoms with van der Waals surface area (Å²) in [6, 6.07) is 7.79. The van der Waals surface area contributed by atoms with Crippen LogP contribution in [0, 0.1) is 5.92 Å². The van der Waals surface area contributed by atoms with Crippen LogP contribution in [0.25, 0.3) is 17.0 Å². The lowest BCUT2D eigenvalue weighted by atomic mass is 10.00. The highest BCUT2D eigenvalue weighted by atomic mass is 79.9. The number of nitrogen functional groups attached to an aromatic ring is 2. The van der Waals surface area contributed by atoms with Crippen molar-refractivity contribution in [1.29, 1.82) is 0 Å². The van der Waals surface area contributed by atoms with Gasteiger partial charge in [-0.1, -0.05) is 24.3 Å². The number of rotatable bonds is 4. The van der Waals surface area contributed by atoms with Crippen LogP contribution < -0.4 is 16.4 Å². The number of anilines is 3. The van der Waals surface area contributed by atoms with Crippen molar-refractivity contribution >= 4 is 50.4 Å². The second-order valence-corrected chi connectivity index (χ2v) is 9.35. The predicted molar refractivity (Wildman–Crippen MR) is 129 cm³/mol. The molecule has 1 aliphatic carbocycles. The van der Waals surface area contributed by atoms with Crippen LogP contribution in [0.15, 0.2) is 41.1 Å². The van der Waals surface area contributed by atoms with Gasteiger partial charge in [0.25, 0.3) is 0 Å². The summed E-state index contributed by atoms with van der Waals surface area (Å²) in [5.41, 5.74) is 14.7. The molecule has 1 aromatic carbocycles. The third-order valence-electron chi connectivity index (χ3n) is 6.57. The van der Waals surface area contributed by atoms with E-state index in [1.165, 1.54) is 6.33 Å². The minimum atomic E-state index is -0.832. The molecule has 4 atom stereocenters. The number of nitrogens with zero attached hydrogens (tertiary/aromatic N) is 4. The Morgan fingerprint density at radius 3 is 2.81 bits per heavy atom. The molecular weight excluding hydrogens is 472 g/mol. The standard InChI is InChI=1S/C23H25BrN6O2/c24-16-9-13-5-4-12(8-17(13)29-22(16)26)2-1-3-14-10-18(20(32)19(14)31)30-7-6-15-21(25)27-11-28-23(15)30/h1-2,4-5,8-9,11,14,18-20,31-32H,3,6-7,10H2,(H2,26,29)(H2,25,27,28)/b2-1+/t14-,18+,19+,20-/m0/s1. The fourth-order valence-corrected chi connectivity index (χ4v) is 5.20. The van der Waals surface area contributed by atoms with E-state index in [0.29, 0.717) is 24.5 Å². The number of fused-ring (bicyclic) bond motifs is 2. The van der Waals surface area contributed by atoms with Crippen LogP contribution in [0.5, 0.6) is 0 Å². The monoisotopic (exact) mass is 496 g/mol. The molecule has 1 fully saturated rings.